The van der Waals surface area contributed by atoms with E-state index in [1.165, 1.54) is 5.56 Å². The van der Waals surface area contributed by atoms with Crippen LogP contribution >= 0.6 is 12.4 Å². The normalized spacial score (nSPS) is 16.7. The van der Waals surface area contributed by atoms with E-state index >= 15 is 0 Å². The minimum absolute atomic E-state index is 0. The molecular formula is C14H21ClN2O. The Labute approximate surface area is 115 Å². The Morgan fingerprint density at radius 3 is 2.22 bits per heavy atom. The average Bonchev–Trinajstić information content (AvgIpc) is 2.26. The third-order valence-electron chi connectivity index (χ3n) is 3.53. The zero-order valence-corrected chi connectivity index (χ0v) is 11.7. The average molecular weight is 269 g/mol. The van der Waals surface area contributed by atoms with Crippen LogP contribution in [0.15, 0.2) is 24.3 Å². The monoisotopic (exact) mass is 268 g/mol. The molecule has 0 spiro atoms. The molecule has 1 aromatic carbocycles. The van der Waals surface area contributed by atoms with E-state index in [-0.39, 0.29) is 18.3 Å². The number of nitrogens with one attached hydrogen (secondary N) is 1. The summed E-state index contributed by atoms with van der Waals surface area (Å²) >= 11 is 0. The summed E-state index contributed by atoms with van der Waals surface area (Å²) < 4.78 is 0. The molecule has 1 aromatic rings. The second-order valence-electron chi connectivity index (χ2n) is 5.24. The number of benzene rings is 1. The maximum atomic E-state index is 11.9. The molecule has 100 valence electrons. The highest BCUT2D eigenvalue weighted by molar-refractivity contribution is 5.98. The van der Waals surface area contributed by atoms with E-state index < -0.39 is 5.54 Å². The van der Waals surface area contributed by atoms with Gasteiger partial charge >= 0.3 is 0 Å². The van der Waals surface area contributed by atoms with E-state index in [0.717, 1.165) is 24.9 Å². The standard InChI is InChI=1S/C14H20N2O.ClH/c1-10(2)11-4-6-12(7-5-11)16-13(17)14(15)8-3-9-14;/h4-7,10H,3,8-9,15H2,1-2H3,(H,16,17);1H. The van der Waals surface area contributed by atoms with Gasteiger partial charge < -0.3 is 11.1 Å². The number of carbonyl (C=O) groups is 1. The van der Waals surface area contributed by atoms with Gasteiger partial charge in [0, 0.05) is 5.69 Å². The van der Waals surface area contributed by atoms with Crippen molar-refractivity contribution < 1.29 is 4.79 Å². The van der Waals surface area contributed by atoms with E-state index in [4.69, 9.17) is 5.73 Å². The molecule has 1 saturated carbocycles. The number of hydrogen-bond acceptors (Lipinski definition) is 2. The van der Waals surface area contributed by atoms with Crippen LogP contribution < -0.4 is 11.1 Å². The molecule has 1 fully saturated rings. The molecule has 4 heteroatoms. The Morgan fingerprint density at radius 1 is 1.28 bits per heavy atom. The highest BCUT2D eigenvalue weighted by atomic mass is 35.5. The van der Waals surface area contributed by atoms with Gasteiger partial charge in [-0.2, -0.15) is 0 Å². The maximum Gasteiger partial charge on any atom is 0.244 e. The summed E-state index contributed by atoms with van der Waals surface area (Å²) in [6.07, 6.45) is 2.64. The van der Waals surface area contributed by atoms with Gasteiger partial charge in [0.1, 0.15) is 0 Å². The van der Waals surface area contributed by atoms with Crippen molar-refractivity contribution in [2.24, 2.45) is 5.73 Å². The number of carbonyl (C=O) groups excluding carboxylic acids is 1. The van der Waals surface area contributed by atoms with E-state index in [1.807, 2.05) is 24.3 Å². The van der Waals surface area contributed by atoms with E-state index in [9.17, 15) is 4.79 Å². The molecule has 0 heterocycles. The quantitative estimate of drug-likeness (QED) is 0.885. The predicted octanol–water partition coefficient (Wildman–Crippen LogP) is 3.05. The molecule has 0 saturated heterocycles. The van der Waals surface area contributed by atoms with E-state index in [2.05, 4.69) is 19.2 Å². The van der Waals surface area contributed by atoms with Crippen LogP contribution in [-0.2, 0) is 4.79 Å². The Hall–Kier alpha value is -1.06. The molecule has 1 amide bonds. The lowest BCUT2D eigenvalue weighted by atomic mass is 9.77. The molecule has 2 rings (SSSR count). The zero-order valence-electron chi connectivity index (χ0n) is 10.9. The van der Waals surface area contributed by atoms with Gasteiger partial charge in [0.15, 0.2) is 0 Å². The van der Waals surface area contributed by atoms with Crippen LogP contribution in [0.2, 0.25) is 0 Å². The molecule has 3 nitrogen and oxygen atoms in total. The lowest BCUT2D eigenvalue weighted by Gasteiger charge is -2.36. The summed E-state index contributed by atoms with van der Waals surface area (Å²) in [7, 11) is 0. The van der Waals surface area contributed by atoms with Gasteiger partial charge in [-0.05, 0) is 42.9 Å². The second kappa shape index (κ2) is 5.72. The lowest BCUT2D eigenvalue weighted by molar-refractivity contribution is -0.123. The van der Waals surface area contributed by atoms with Gasteiger partial charge in [-0.25, -0.2) is 0 Å². The zero-order chi connectivity index (χ0) is 12.5. The molecule has 1 aliphatic rings. The molecule has 0 aromatic heterocycles. The summed E-state index contributed by atoms with van der Waals surface area (Å²) in [4.78, 5) is 11.9. The Kier molecular flexibility index (Phi) is 4.77. The van der Waals surface area contributed by atoms with Crippen LogP contribution in [0.5, 0.6) is 0 Å². The van der Waals surface area contributed by atoms with Gasteiger partial charge in [0.2, 0.25) is 5.91 Å². The van der Waals surface area contributed by atoms with Crippen LogP contribution in [-0.4, -0.2) is 11.4 Å². The van der Waals surface area contributed by atoms with Crippen molar-refractivity contribution >= 4 is 24.0 Å². The van der Waals surface area contributed by atoms with Gasteiger partial charge in [0.05, 0.1) is 5.54 Å². The van der Waals surface area contributed by atoms with E-state index in [0.29, 0.717) is 5.92 Å². The maximum absolute atomic E-state index is 11.9. The van der Waals surface area contributed by atoms with Crippen LogP contribution in [0.3, 0.4) is 0 Å². The van der Waals surface area contributed by atoms with Crippen molar-refractivity contribution in [3.8, 4) is 0 Å². The number of rotatable bonds is 3. The minimum atomic E-state index is -0.628. The fraction of sp³-hybridized carbons (Fsp3) is 0.500. The van der Waals surface area contributed by atoms with Crippen LogP contribution in [0.25, 0.3) is 0 Å². The van der Waals surface area contributed by atoms with Gasteiger partial charge in [-0.15, -0.1) is 12.4 Å². The van der Waals surface area contributed by atoms with Crippen LogP contribution in [0, 0.1) is 0 Å². The Bertz CT molecular complexity index is 410. The molecular weight excluding hydrogens is 248 g/mol. The van der Waals surface area contributed by atoms with E-state index in [1.54, 1.807) is 0 Å². The highest BCUT2D eigenvalue weighted by Gasteiger charge is 2.40. The molecule has 0 radical (unpaired) electrons. The number of halogens is 1. The van der Waals surface area contributed by atoms with Gasteiger partial charge in [0.25, 0.3) is 0 Å². The molecule has 0 atom stereocenters. The third-order valence-corrected chi connectivity index (χ3v) is 3.53. The first kappa shape index (κ1) is 15.0. The number of amides is 1. The topological polar surface area (TPSA) is 55.1 Å². The van der Waals surface area contributed by atoms with Gasteiger partial charge in [-0.1, -0.05) is 26.0 Å². The fourth-order valence-electron chi connectivity index (χ4n) is 1.99. The number of hydrogen-bond donors (Lipinski definition) is 2. The fourth-order valence-corrected chi connectivity index (χ4v) is 1.99. The van der Waals surface area contributed by atoms with Crippen molar-refractivity contribution in [3.63, 3.8) is 0 Å². The number of nitrogens with two attached hydrogens (primary N) is 1. The molecule has 0 bridgehead atoms. The molecule has 0 aliphatic heterocycles. The number of anilines is 1. The first-order valence-corrected chi connectivity index (χ1v) is 6.21. The first-order valence-electron chi connectivity index (χ1n) is 6.21. The largest absolute Gasteiger partial charge is 0.324 e. The van der Waals surface area contributed by atoms with Crippen molar-refractivity contribution in [1.29, 1.82) is 0 Å². The third kappa shape index (κ3) is 3.03. The predicted molar refractivity (Wildman–Crippen MR) is 77.2 cm³/mol. The first-order chi connectivity index (χ1) is 8.01. The lowest BCUT2D eigenvalue weighted by Crippen LogP contribution is -2.56. The Morgan fingerprint density at radius 2 is 1.83 bits per heavy atom. The van der Waals surface area contributed by atoms with Gasteiger partial charge in [-0.3, -0.25) is 4.79 Å². The van der Waals surface area contributed by atoms with Crippen molar-refractivity contribution in [2.45, 2.75) is 44.6 Å². The summed E-state index contributed by atoms with van der Waals surface area (Å²) in [5.41, 5.74) is 7.43. The summed E-state index contributed by atoms with van der Waals surface area (Å²) in [6.45, 7) is 4.30. The van der Waals surface area contributed by atoms with Crippen LogP contribution in [0.1, 0.15) is 44.6 Å². The highest BCUT2D eigenvalue weighted by Crippen LogP contribution is 2.30. The van der Waals surface area contributed by atoms with Crippen molar-refractivity contribution in [2.75, 3.05) is 5.32 Å². The second-order valence-corrected chi connectivity index (χ2v) is 5.24. The Balaban J connectivity index is 0.00000162. The smallest absolute Gasteiger partial charge is 0.244 e. The molecule has 3 N–H and O–H groups in total. The summed E-state index contributed by atoms with van der Waals surface area (Å²) in [5, 5.41) is 2.89. The van der Waals surface area contributed by atoms with Crippen molar-refractivity contribution in [1.82, 2.24) is 0 Å². The SMILES string of the molecule is CC(C)c1ccc(NC(=O)C2(N)CCC2)cc1.Cl. The minimum Gasteiger partial charge on any atom is -0.324 e. The molecule has 0 unspecified atom stereocenters. The van der Waals surface area contributed by atoms with Crippen LogP contribution in [0.4, 0.5) is 5.69 Å². The summed E-state index contributed by atoms with van der Waals surface area (Å²) in [5.74, 6) is 0.452. The molecule has 1 aliphatic carbocycles. The summed E-state index contributed by atoms with van der Waals surface area (Å²) in [6, 6.07) is 7.97. The van der Waals surface area contributed by atoms with Crippen molar-refractivity contribution in [3.05, 3.63) is 29.8 Å². The molecule has 18 heavy (non-hydrogen) atoms.